The lowest BCUT2D eigenvalue weighted by Crippen LogP contribution is -2.55. The van der Waals surface area contributed by atoms with Crippen LogP contribution in [0.5, 0.6) is 0 Å². The summed E-state index contributed by atoms with van der Waals surface area (Å²) in [5.74, 6) is -5.07. The summed E-state index contributed by atoms with van der Waals surface area (Å²) < 4.78 is 56.4. The summed E-state index contributed by atoms with van der Waals surface area (Å²) in [5, 5.41) is 0. The maximum absolute atomic E-state index is 12.8. The van der Waals surface area contributed by atoms with E-state index in [2.05, 4.69) is 63.7 Å². The van der Waals surface area contributed by atoms with Crippen LogP contribution in [-0.4, -0.2) is 18.0 Å². The fraction of sp³-hybridized carbons (Fsp3) is 1.00. The van der Waals surface area contributed by atoms with Gasteiger partial charge in [-0.3, -0.25) is 0 Å². The number of hydrogen-bond donors (Lipinski definition) is 0. The third kappa shape index (κ3) is 2.75. The molecule has 0 atom stereocenters. The lowest BCUT2D eigenvalue weighted by atomic mass is 10.2. The SMILES string of the molecule is FC(F)(F)C(F)(F)C(Br)(Br)C(Cl)(Br)Br. The summed E-state index contributed by atoms with van der Waals surface area (Å²) in [6.07, 6.45) is -5.73. The Morgan fingerprint density at radius 2 is 1.07 bits per heavy atom. The monoisotopic (exact) mass is 494 g/mol. The van der Waals surface area contributed by atoms with Gasteiger partial charge in [-0.25, -0.2) is 0 Å². The van der Waals surface area contributed by atoms with Gasteiger partial charge in [-0.15, -0.1) is 0 Å². The molecule has 0 spiro atoms. The summed E-state index contributed by atoms with van der Waals surface area (Å²) in [4.78, 5) is 0. The van der Waals surface area contributed by atoms with Crippen molar-refractivity contribution in [3.63, 3.8) is 0 Å². The van der Waals surface area contributed by atoms with Gasteiger partial charge in [-0.1, -0.05) is 75.3 Å². The molecule has 0 radical (unpaired) electrons. The summed E-state index contributed by atoms with van der Waals surface area (Å²) >= 11 is 14.5. The Bertz CT molecular complexity index is 195. The van der Waals surface area contributed by atoms with E-state index in [1.54, 1.807) is 0 Å². The largest absolute Gasteiger partial charge is 0.455 e. The second kappa shape index (κ2) is 4.27. The van der Waals surface area contributed by atoms with E-state index in [0.29, 0.717) is 0 Å². The Morgan fingerprint density at radius 3 is 1.14 bits per heavy atom. The lowest BCUT2D eigenvalue weighted by molar-refractivity contribution is -0.282. The van der Waals surface area contributed by atoms with Crippen LogP contribution < -0.4 is 0 Å². The summed E-state index contributed by atoms with van der Waals surface area (Å²) in [7, 11) is 0. The highest BCUT2D eigenvalue weighted by Crippen LogP contribution is 2.62. The van der Waals surface area contributed by atoms with Gasteiger partial charge in [-0.05, 0) is 0 Å². The first kappa shape index (κ1) is 15.9. The topological polar surface area (TPSA) is 0 Å². The van der Waals surface area contributed by atoms with Crippen molar-refractivity contribution in [3.8, 4) is 0 Å². The Balaban J connectivity index is 5.30. The van der Waals surface area contributed by atoms with E-state index in [1.807, 2.05) is 0 Å². The van der Waals surface area contributed by atoms with Crippen molar-refractivity contribution in [2.75, 3.05) is 0 Å². The minimum atomic E-state index is -5.73. The lowest BCUT2D eigenvalue weighted by Gasteiger charge is -2.36. The highest BCUT2D eigenvalue weighted by Gasteiger charge is 2.74. The van der Waals surface area contributed by atoms with Crippen LogP contribution in [0.4, 0.5) is 22.0 Å². The van der Waals surface area contributed by atoms with Crippen LogP contribution in [-0.2, 0) is 0 Å². The number of alkyl halides is 10. The smallest absolute Gasteiger partial charge is 0.194 e. The first-order valence-electron chi connectivity index (χ1n) is 2.64. The fourth-order valence-corrected chi connectivity index (χ4v) is 1.42. The average molecular weight is 498 g/mol. The van der Waals surface area contributed by atoms with E-state index in [1.165, 1.54) is 0 Å². The number of halogens is 10. The van der Waals surface area contributed by atoms with E-state index in [-0.39, 0.29) is 0 Å². The molecule has 0 aromatic heterocycles. The van der Waals surface area contributed by atoms with Crippen LogP contribution in [0.1, 0.15) is 0 Å². The van der Waals surface area contributed by atoms with E-state index < -0.39 is 18.0 Å². The second-order valence-electron chi connectivity index (χ2n) is 2.14. The van der Waals surface area contributed by atoms with Crippen LogP contribution in [0, 0.1) is 0 Å². The molecular weight excluding hydrogens is 498 g/mol. The third-order valence-electron chi connectivity index (χ3n) is 1.11. The molecular formula is C4Br4ClF5. The predicted molar refractivity (Wildman–Crippen MR) is 58.0 cm³/mol. The number of hydrogen-bond acceptors (Lipinski definition) is 0. The average Bonchev–Trinajstić information content (AvgIpc) is 1.81. The molecule has 0 aromatic carbocycles. The van der Waals surface area contributed by atoms with Crippen LogP contribution in [0.3, 0.4) is 0 Å². The highest BCUT2D eigenvalue weighted by atomic mass is 79.9. The van der Waals surface area contributed by atoms with Gasteiger partial charge >= 0.3 is 12.1 Å². The van der Waals surface area contributed by atoms with Crippen LogP contribution in [0.2, 0.25) is 0 Å². The summed E-state index contributed by atoms with van der Waals surface area (Å²) in [6, 6.07) is 0. The van der Waals surface area contributed by atoms with Crippen molar-refractivity contribution in [3.05, 3.63) is 0 Å². The first-order chi connectivity index (χ1) is 5.75. The van der Waals surface area contributed by atoms with E-state index in [4.69, 9.17) is 11.6 Å². The van der Waals surface area contributed by atoms with Gasteiger partial charge < -0.3 is 0 Å². The van der Waals surface area contributed by atoms with Gasteiger partial charge in [0.2, 0.25) is 0 Å². The van der Waals surface area contributed by atoms with Gasteiger partial charge in [0, 0.05) is 0 Å². The van der Waals surface area contributed by atoms with Crippen molar-refractivity contribution in [1.29, 1.82) is 0 Å². The van der Waals surface area contributed by atoms with Gasteiger partial charge in [-0.2, -0.15) is 22.0 Å². The second-order valence-corrected chi connectivity index (χ2v) is 10.5. The molecule has 0 N–H and O–H groups in total. The molecule has 0 nitrogen and oxygen atoms in total. The molecule has 0 saturated carbocycles. The molecule has 10 heteroatoms. The maximum atomic E-state index is 12.8. The Labute approximate surface area is 114 Å². The zero-order valence-corrected chi connectivity index (χ0v) is 12.9. The minimum absolute atomic E-state index is 2.18. The van der Waals surface area contributed by atoms with Crippen molar-refractivity contribution >= 4 is 75.3 Å². The molecule has 0 unspecified atom stereocenters. The van der Waals surface area contributed by atoms with Crippen molar-refractivity contribution in [2.24, 2.45) is 0 Å². The van der Waals surface area contributed by atoms with Crippen LogP contribution >= 0.6 is 75.3 Å². The molecule has 0 aliphatic carbocycles. The van der Waals surface area contributed by atoms with E-state index in [0.717, 1.165) is 0 Å². The van der Waals surface area contributed by atoms with Gasteiger partial charge in [0.15, 0.2) is 5.93 Å². The maximum Gasteiger partial charge on any atom is 0.455 e. The molecule has 0 aliphatic rings. The van der Waals surface area contributed by atoms with Crippen molar-refractivity contribution < 1.29 is 22.0 Å². The Hall–Kier alpha value is 1.86. The zero-order valence-electron chi connectivity index (χ0n) is 5.78. The fourth-order valence-electron chi connectivity index (χ4n) is 0.356. The van der Waals surface area contributed by atoms with Crippen molar-refractivity contribution in [2.45, 2.75) is 18.0 Å². The Morgan fingerprint density at radius 1 is 0.786 bits per heavy atom. The molecule has 0 saturated heterocycles. The quantitative estimate of drug-likeness (QED) is 0.356. The molecule has 0 bridgehead atoms. The van der Waals surface area contributed by atoms with Gasteiger partial charge in [0.25, 0.3) is 0 Å². The molecule has 0 amide bonds. The van der Waals surface area contributed by atoms with Crippen LogP contribution in [0.15, 0.2) is 0 Å². The molecule has 0 fully saturated rings. The summed E-state index contributed by atoms with van der Waals surface area (Å²) in [6.45, 7) is 0. The zero-order chi connectivity index (χ0) is 12.0. The van der Waals surface area contributed by atoms with Crippen LogP contribution in [0.25, 0.3) is 0 Å². The van der Waals surface area contributed by atoms with E-state index >= 15 is 0 Å². The molecule has 0 rings (SSSR count). The molecule has 0 aliphatic heterocycles. The molecule has 86 valence electrons. The molecule has 0 aromatic rings. The molecule has 0 heterocycles. The number of rotatable bonds is 2. The minimum Gasteiger partial charge on any atom is -0.194 e. The standard InChI is InChI=1S/C4Br4ClF5/c5-1(6,3(7,8)9)2(10,11)4(12,13)14. The summed E-state index contributed by atoms with van der Waals surface area (Å²) in [5.41, 5.74) is 0. The third-order valence-corrected chi connectivity index (χ3v) is 7.35. The molecule has 14 heavy (non-hydrogen) atoms. The Kier molecular flexibility index (Phi) is 4.84. The van der Waals surface area contributed by atoms with Gasteiger partial charge in [0.1, 0.15) is 0 Å². The van der Waals surface area contributed by atoms with E-state index in [9.17, 15) is 22.0 Å². The predicted octanol–water partition coefficient (Wildman–Crippen LogP) is 5.35. The highest BCUT2D eigenvalue weighted by molar-refractivity contribution is 9.31. The van der Waals surface area contributed by atoms with Crippen molar-refractivity contribution in [1.82, 2.24) is 0 Å². The normalized spacial score (nSPS) is 15.9. The first-order valence-corrected chi connectivity index (χ1v) is 6.19. The van der Waals surface area contributed by atoms with Gasteiger partial charge in [0.05, 0.1) is 0 Å².